The number of halogens is 3. The van der Waals surface area contributed by atoms with Crippen LogP contribution in [0.1, 0.15) is 45.2 Å². The third-order valence-corrected chi connectivity index (χ3v) is 3.41. The Bertz CT molecular complexity index is 401. The number of alkyl halides is 3. The summed E-state index contributed by atoms with van der Waals surface area (Å²) in [6.07, 6.45) is -2.48. The summed E-state index contributed by atoms with van der Waals surface area (Å²) in [5.74, 6) is 0. The summed E-state index contributed by atoms with van der Waals surface area (Å²) in [7, 11) is 0. The van der Waals surface area contributed by atoms with E-state index in [-0.39, 0.29) is 11.5 Å². The van der Waals surface area contributed by atoms with Crippen molar-refractivity contribution in [2.45, 2.75) is 52.8 Å². The van der Waals surface area contributed by atoms with Gasteiger partial charge < -0.3 is 5.32 Å². The summed E-state index contributed by atoms with van der Waals surface area (Å²) >= 11 is 0. The zero-order valence-electron chi connectivity index (χ0n) is 12.6. The molecule has 1 rings (SSSR count). The zero-order valence-corrected chi connectivity index (χ0v) is 12.6. The SMILES string of the molecule is CCCNC(Cc1ccc(C(F)(F)F)cc1)C(C)(C)C. The van der Waals surface area contributed by atoms with Crippen LogP contribution in [0.5, 0.6) is 0 Å². The third-order valence-electron chi connectivity index (χ3n) is 3.41. The molecule has 4 heteroatoms. The maximum Gasteiger partial charge on any atom is 0.416 e. The van der Waals surface area contributed by atoms with Gasteiger partial charge in [-0.25, -0.2) is 0 Å². The lowest BCUT2D eigenvalue weighted by Crippen LogP contribution is -2.42. The van der Waals surface area contributed by atoms with Gasteiger partial charge in [0.2, 0.25) is 0 Å². The minimum Gasteiger partial charge on any atom is -0.313 e. The van der Waals surface area contributed by atoms with Crippen LogP contribution in [0.15, 0.2) is 24.3 Å². The zero-order chi connectivity index (χ0) is 15.4. The molecule has 0 saturated carbocycles. The molecule has 0 fully saturated rings. The lowest BCUT2D eigenvalue weighted by Gasteiger charge is -2.32. The minimum atomic E-state index is -4.26. The molecule has 1 nitrogen and oxygen atoms in total. The summed E-state index contributed by atoms with van der Waals surface area (Å²) < 4.78 is 37.6. The van der Waals surface area contributed by atoms with Crippen molar-refractivity contribution in [3.8, 4) is 0 Å². The molecule has 0 amide bonds. The highest BCUT2D eigenvalue weighted by atomic mass is 19.4. The molecule has 1 aromatic carbocycles. The molecule has 1 N–H and O–H groups in total. The Labute approximate surface area is 119 Å². The van der Waals surface area contributed by atoms with E-state index in [2.05, 4.69) is 33.0 Å². The van der Waals surface area contributed by atoms with Crippen molar-refractivity contribution in [3.63, 3.8) is 0 Å². The molecule has 0 aliphatic rings. The summed E-state index contributed by atoms with van der Waals surface area (Å²) in [4.78, 5) is 0. The molecule has 1 aromatic rings. The number of benzene rings is 1. The Morgan fingerprint density at radius 1 is 1.05 bits per heavy atom. The van der Waals surface area contributed by atoms with E-state index in [0.717, 1.165) is 37.1 Å². The second kappa shape index (κ2) is 6.61. The molecule has 1 atom stereocenters. The molecule has 0 aromatic heterocycles. The molecule has 0 spiro atoms. The largest absolute Gasteiger partial charge is 0.416 e. The van der Waals surface area contributed by atoms with Crippen LogP contribution in [0.3, 0.4) is 0 Å². The molecule has 0 bridgehead atoms. The predicted octanol–water partition coefficient (Wildman–Crippen LogP) is 4.66. The Kier molecular flexibility index (Phi) is 5.63. The van der Waals surface area contributed by atoms with Crippen LogP contribution in [0, 0.1) is 5.41 Å². The van der Waals surface area contributed by atoms with Gasteiger partial charge in [-0.1, -0.05) is 39.8 Å². The molecule has 0 aliphatic carbocycles. The van der Waals surface area contributed by atoms with Crippen molar-refractivity contribution in [2.75, 3.05) is 6.54 Å². The van der Waals surface area contributed by atoms with Crippen LogP contribution in [-0.4, -0.2) is 12.6 Å². The fourth-order valence-corrected chi connectivity index (χ4v) is 2.07. The Hall–Kier alpha value is -1.03. The number of nitrogens with one attached hydrogen (secondary N) is 1. The first-order valence-electron chi connectivity index (χ1n) is 7.04. The van der Waals surface area contributed by atoms with Crippen molar-refractivity contribution >= 4 is 0 Å². The Morgan fingerprint density at radius 3 is 2.00 bits per heavy atom. The van der Waals surface area contributed by atoms with E-state index >= 15 is 0 Å². The van der Waals surface area contributed by atoms with Crippen molar-refractivity contribution in [3.05, 3.63) is 35.4 Å². The molecular formula is C16H24F3N. The number of hydrogen-bond donors (Lipinski definition) is 1. The van der Waals surface area contributed by atoms with Crippen LogP contribution < -0.4 is 5.32 Å². The molecule has 20 heavy (non-hydrogen) atoms. The first kappa shape index (κ1) is 17.0. The summed E-state index contributed by atoms with van der Waals surface area (Å²) in [6, 6.07) is 5.73. The van der Waals surface area contributed by atoms with E-state index in [1.165, 1.54) is 0 Å². The van der Waals surface area contributed by atoms with Crippen LogP contribution in [0.25, 0.3) is 0 Å². The molecule has 0 heterocycles. The van der Waals surface area contributed by atoms with Gasteiger partial charge in [-0.15, -0.1) is 0 Å². The monoisotopic (exact) mass is 287 g/mol. The standard InChI is InChI=1S/C16H24F3N/c1-5-10-20-14(15(2,3)4)11-12-6-8-13(9-7-12)16(17,18)19/h6-9,14,20H,5,10-11H2,1-4H3. The number of rotatable bonds is 5. The van der Waals surface area contributed by atoms with E-state index in [1.54, 1.807) is 12.1 Å². The Balaban J connectivity index is 2.79. The fourth-order valence-electron chi connectivity index (χ4n) is 2.07. The van der Waals surface area contributed by atoms with Crippen LogP contribution in [-0.2, 0) is 12.6 Å². The normalized spacial score (nSPS) is 14.3. The maximum atomic E-state index is 12.5. The molecular weight excluding hydrogens is 263 g/mol. The topological polar surface area (TPSA) is 12.0 Å². The quantitative estimate of drug-likeness (QED) is 0.830. The van der Waals surface area contributed by atoms with Crippen LogP contribution in [0.4, 0.5) is 13.2 Å². The fraction of sp³-hybridized carbons (Fsp3) is 0.625. The highest BCUT2D eigenvalue weighted by Crippen LogP contribution is 2.30. The molecule has 0 saturated heterocycles. The molecule has 0 aliphatic heterocycles. The second-order valence-electron chi connectivity index (χ2n) is 6.27. The van der Waals surface area contributed by atoms with Gasteiger partial charge in [0.1, 0.15) is 0 Å². The van der Waals surface area contributed by atoms with E-state index in [4.69, 9.17) is 0 Å². The Morgan fingerprint density at radius 2 is 1.60 bits per heavy atom. The third kappa shape index (κ3) is 5.16. The van der Waals surface area contributed by atoms with Gasteiger partial charge in [0.25, 0.3) is 0 Å². The van der Waals surface area contributed by atoms with E-state index < -0.39 is 11.7 Å². The highest BCUT2D eigenvalue weighted by molar-refractivity contribution is 5.25. The van der Waals surface area contributed by atoms with Gasteiger partial charge in [-0.3, -0.25) is 0 Å². The summed E-state index contributed by atoms with van der Waals surface area (Å²) in [6.45, 7) is 9.45. The van der Waals surface area contributed by atoms with Gasteiger partial charge in [0.05, 0.1) is 5.56 Å². The van der Waals surface area contributed by atoms with E-state index in [1.807, 2.05) is 0 Å². The van der Waals surface area contributed by atoms with Gasteiger partial charge >= 0.3 is 6.18 Å². The average Bonchev–Trinajstić information content (AvgIpc) is 2.32. The molecule has 0 radical (unpaired) electrons. The van der Waals surface area contributed by atoms with E-state index in [9.17, 15) is 13.2 Å². The lowest BCUT2D eigenvalue weighted by molar-refractivity contribution is -0.137. The summed E-state index contributed by atoms with van der Waals surface area (Å²) in [5, 5.41) is 3.48. The number of hydrogen-bond acceptors (Lipinski definition) is 1. The second-order valence-corrected chi connectivity index (χ2v) is 6.27. The van der Waals surface area contributed by atoms with Crippen LogP contribution in [0.2, 0.25) is 0 Å². The molecule has 1 unspecified atom stereocenters. The smallest absolute Gasteiger partial charge is 0.313 e. The lowest BCUT2D eigenvalue weighted by atomic mass is 9.83. The van der Waals surface area contributed by atoms with E-state index in [0.29, 0.717) is 0 Å². The van der Waals surface area contributed by atoms with Crippen LogP contribution >= 0.6 is 0 Å². The predicted molar refractivity (Wildman–Crippen MR) is 76.7 cm³/mol. The van der Waals surface area contributed by atoms with Gasteiger partial charge in [-0.2, -0.15) is 13.2 Å². The van der Waals surface area contributed by atoms with Crippen molar-refractivity contribution in [1.29, 1.82) is 0 Å². The minimum absolute atomic E-state index is 0.0673. The first-order valence-corrected chi connectivity index (χ1v) is 7.04. The summed E-state index contributed by atoms with van der Waals surface area (Å²) in [5.41, 5.74) is 0.411. The highest BCUT2D eigenvalue weighted by Gasteiger charge is 2.30. The van der Waals surface area contributed by atoms with Crippen molar-refractivity contribution in [1.82, 2.24) is 5.32 Å². The van der Waals surface area contributed by atoms with Gasteiger partial charge in [-0.05, 0) is 42.5 Å². The van der Waals surface area contributed by atoms with Crippen molar-refractivity contribution < 1.29 is 13.2 Å². The maximum absolute atomic E-state index is 12.5. The average molecular weight is 287 g/mol. The first-order chi connectivity index (χ1) is 9.14. The molecule has 114 valence electrons. The van der Waals surface area contributed by atoms with Gasteiger partial charge in [0.15, 0.2) is 0 Å². The van der Waals surface area contributed by atoms with Gasteiger partial charge in [0, 0.05) is 6.04 Å². The van der Waals surface area contributed by atoms with Crippen molar-refractivity contribution in [2.24, 2.45) is 5.41 Å².